The van der Waals surface area contributed by atoms with Crippen molar-refractivity contribution in [1.29, 1.82) is 0 Å². The predicted octanol–water partition coefficient (Wildman–Crippen LogP) is 4.48. The summed E-state index contributed by atoms with van der Waals surface area (Å²) in [4.78, 5) is 19.9. The highest BCUT2D eigenvalue weighted by Gasteiger charge is 2.27. The van der Waals surface area contributed by atoms with Gasteiger partial charge in [0.25, 0.3) is 12.3 Å². The van der Waals surface area contributed by atoms with Gasteiger partial charge in [0.1, 0.15) is 11.4 Å². The molecule has 2 atom stereocenters. The molecule has 0 aromatic carbocycles. The van der Waals surface area contributed by atoms with E-state index in [-0.39, 0.29) is 29.5 Å². The molecule has 11 heteroatoms. The van der Waals surface area contributed by atoms with Crippen LogP contribution in [0.4, 0.5) is 20.3 Å². The number of rotatable bonds is 5. The number of carbonyl (C=O) groups excluding carboxylic acids is 1. The van der Waals surface area contributed by atoms with Crippen LogP contribution in [0.5, 0.6) is 0 Å². The maximum absolute atomic E-state index is 13.8. The van der Waals surface area contributed by atoms with E-state index in [2.05, 4.69) is 32.3 Å². The lowest BCUT2D eigenvalue weighted by Crippen LogP contribution is -2.45. The third-order valence-corrected chi connectivity index (χ3v) is 6.92. The average molecular weight is 488 g/mol. The molecule has 1 aliphatic carbocycles. The van der Waals surface area contributed by atoms with Crippen molar-refractivity contribution in [1.82, 2.24) is 24.4 Å². The lowest BCUT2D eigenvalue weighted by molar-refractivity contribution is -0.00545. The van der Waals surface area contributed by atoms with Crippen LogP contribution in [0.1, 0.15) is 75.0 Å². The molecule has 2 fully saturated rings. The fraction of sp³-hybridized carbons (Fsp3) is 0.583. The molecule has 1 aliphatic heterocycles. The van der Waals surface area contributed by atoms with Gasteiger partial charge < -0.3 is 15.0 Å². The van der Waals surface area contributed by atoms with Gasteiger partial charge in [0, 0.05) is 25.5 Å². The Morgan fingerprint density at radius 1 is 1.14 bits per heavy atom. The second kappa shape index (κ2) is 9.52. The standard InChI is InChI=1S/C24H31F2N7O2/c1-14-4-6-17(7-5-14)33-13-19(21(30-33)22(25)26)28-24(34)18-10-27-32-9-8-20(29-23(18)32)31-11-15(2)35-16(3)12-31/h8-10,13-17,22H,4-7,11-12H2,1-3H3,(H,28,34)/t14-,15-,16-,17-/m0/s1. The highest BCUT2D eigenvalue weighted by Crippen LogP contribution is 2.34. The van der Waals surface area contributed by atoms with Crippen molar-refractivity contribution in [3.05, 3.63) is 35.9 Å². The number of nitrogens with one attached hydrogen (secondary N) is 1. The fourth-order valence-corrected chi connectivity index (χ4v) is 5.11. The zero-order chi connectivity index (χ0) is 24.7. The predicted molar refractivity (Wildman–Crippen MR) is 127 cm³/mol. The summed E-state index contributed by atoms with van der Waals surface area (Å²) < 4.78 is 36.4. The molecule has 3 aromatic heterocycles. The zero-order valence-corrected chi connectivity index (χ0v) is 20.2. The zero-order valence-electron chi connectivity index (χ0n) is 20.2. The topological polar surface area (TPSA) is 89.6 Å². The number of morpholine rings is 1. The number of ether oxygens (including phenoxy) is 1. The van der Waals surface area contributed by atoms with Crippen LogP contribution in [-0.2, 0) is 4.74 Å². The van der Waals surface area contributed by atoms with E-state index in [0.717, 1.165) is 25.7 Å². The Kier molecular flexibility index (Phi) is 6.43. The fourth-order valence-electron chi connectivity index (χ4n) is 5.11. The van der Waals surface area contributed by atoms with Crippen molar-refractivity contribution < 1.29 is 18.3 Å². The minimum Gasteiger partial charge on any atom is -0.372 e. The van der Waals surface area contributed by atoms with Crippen LogP contribution in [0.3, 0.4) is 0 Å². The Labute approximate surface area is 202 Å². The summed E-state index contributed by atoms with van der Waals surface area (Å²) >= 11 is 0. The lowest BCUT2D eigenvalue weighted by Gasteiger charge is -2.36. The molecule has 0 bridgehead atoms. The summed E-state index contributed by atoms with van der Waals surface area (Å²) in [5.74, 6) is 0.793. The van der Waals surface area contributed by atoms with Crippen molar-refractivity contribution >= 4 is 23.1 Å². The van der Waals surface area contributed by atoms with Crippen molar-refractivity contribution in [2.45, 2.75) is 71.1 Å². The Bertz CT molecular complexity index is 1190. The molecular formula is C24H31F2N7O2. The summed E-state index contributed by atoms with van der Waals surface area (Å²) in [6, 6.07) is 1.91. The summed E-state index contributed by atoms with van der Waals surface area (Å²) in [5, 5.41) is 11.0. The number of fused-ring (bicyclic) bond motifs is 1. The normalized spacial score (nSPS) is 25.4. The van der Waals surface area contributed by atoms with Crippen molar-refractivity contribution in [3.8, 4) is 0 Å². The number of halogens is 2. The Morgan fingerprint density at radius 2 is 1.86 bits per heavy atom. The second-order valence-electron chi connectivity index (χ2n) is 9.85. The van der Waals surface area contributed by atoms with E-state index >= 15 is 0 Å². The third kappa shape index (κ3) is 4.86. The molecule has 1 saturated heterocycles. The van der Waals surface area contributed by atoms with Gasteiger partial charge >= 0.3 is 0 Å². The molecule has 2 aliphatic rings. The number of carbonyl (C=O) groups is 1. The maximum atomic E-state index is 13.8. The number of aromatic nitrogens is 5. The number of hydrogen-bond acceptors (Lipinski definition) is 6. The van der Waals surface area contributed by atoms with Gasteiger partial charge in [0.15, 0.2) is 11.3 Å². The molecule has 35 heavy (non-hydrogen) atoms. The first-order valence-corrected chi connectivity index (χ1v) is 12.2. The molecule has 0 spiro atoms. The van der Waals surface area contributed by atoms with E-state index in [9.17, 15) is 13.6 Å². The van der Waals surface area contributed by atoms with Gasteiger partial charge in [-0.05, 0) is 51.5 Å². The van der Waals surface area contributed by atoms with Gasteiger partial charge in [-0.2, -0.15) is 10.2 Å². The second-order valence-corrected chi connectivity index (χ2v) is 9.85. The summed E-state index contributed by atoms with van der Waals surface area (Å²) in [5.41, 5.74) is 0.174. The minimum atomic E-state index is -2.80. The Balaban J connectivity index is 1.39. The van der Waals surface area contributed by atoms with Crippen molar-refractivity contribution in [3.63, 3.8) is 0 Å². The van der Waals surface area contributed by atoms with E-state index < -0.39 is 18.0 Å². The highest BCUT2D eigenvalue weighted by atomic mass is 19.3. The smallest absolute Gasteiger partial charge is 0.284 e. The Hall–Kier alpha value is -3.08. The molecule has 1 saturated carbocycles. The molecule has 3 aromatic rings. The third-order valence-electron chi connectivity index (χ3n) is 6.92. The van der Waals surface area contributed by atoms with Crippen LogP contribution < -0.4 is 10.2 Å². The maximum Gasteiger partial charge on any atom is 0.284 e. The Morgan fingerprint density at radius 3 is 2.54 bits per heavy atom. The highest BCUT2D eigenvalue weighted by molar-refractivity contribution is 6.08. The molecular weight excluding hydrogens is 456 g/mol. The molecule has 9 nitrogen and oxygen atoms in total. The molecule has 4 heterocycles. The van der Waals surface area contributed by atoms with E-state index in [0.29, 0.717) is 30.5 Å². The van der Waals surface area contributed by atoms with Gasteiger partial charge in [-0.1, -0.05) is 6.92 Å². The summed E-state index contributed by atoms with van der Waals surface area (Å²) in [6.07, 6.45) is 5.83. The quantitative estimate of drug-likeness (QED) is 0.571. The van der Waals surface area contributed by atoms with Gasteiger partial charge in [-0.15, -0.1) is 0 Å². The van der Waals surface area contributed by atoms with Crippen LogP contribution in [-0.4, -0.2) is 55.6 Å². The number of hydrogen-bond donors (Lipinski definition) is 1. The van der Waals surface area contributed by atoms with Crippen LogP contribution in [0.25, 0.3) is 5.65 Å². The average Bonchev–Trinajstić information content (AvgIpc) is 3.43. The van der Waals surface area contributed by atoms with Gasteiger partial charge in [0.2, 0.25) is 0 Å². The first-order valence-electron chi connectivity index (χ1n) is 12.2. The molecule has 1 N–H and O–H groups in total. The number of nitrogens with zero attached hydrogens (tertiary/aromatic N) is 6. The van der Waals surface area contributed by atoms with E-state index in [4.69, 9.17) is 4.74 Å². The molecule has 188 valence electrons. The van der Waals surface area contributed by atoms with E-state index in [1.54, 1.807) is 10.9 Å². The number of amides is 1. The molecule has 0 unspecified atom stereocenters. The van der Waals surface area contributed by atoms with E-state index in [1.807, 2.05) is 19.9 Å². The van der Waals surface area contributed by atoms with Crippen LogP contribution in [0.2, 0.25) is 0 Å². The SMILES string of the molecule is C[C@H]1CN(c2ccn3ncc(C(=O)Nc4cn([C@H]5CC[C@H](C)CC5)nc4C(F)F)c3n2)C[C@H](C)O1. The van der Waals surface area contributed by atoms with Gasteiger partial charge in [0.05, 0.1) is 30.1 Å². The number of alkyl halides is 2. The van der Waals surface area contributed by atoms with Crippen LogP contribution in [0.15, 0.2) is 24.7 Å². The first kappa shape index (κ1) is 23.7. The van der Waals surface area contributed by atoms with Crippen molar-refractivity contribution in [2.75, 3.05) is 23.3 Å². The van der Waals surface area contributed by atoms with E-state index in [1.165, 1.54) is 16.9 Å². The van der Waals surface area contributed by atoms with Gasteiger partial charge in [-0.25, -0.2) is 18.3 Å². The first-order chi connectivity index (χ1) is 16.8. The molecule has 5 rings (SSSR count). The van der Waals surface area contributed by atoms with Crippen LogP contribution >= 0.6 is 0 Å². The number of anilines is 2. The van der Waals surface area contributed by atoms with Crippen molar-refractivity contribution in [2.24, 2.45) is 5.92 Å². The monoisotopic (exact) mass is 487 g/mol. The van der Waals surface area contributed by atoms with Crippen LogP contribution in [0, 0.1) is 5.92 Å². The lowest BCUT2D eigenvalue weighted by atomic mass is 9.87. The molecule has 0 radical (unpaired) electrons. The largest absolute Gasteiger partial charge is 0.372 e. The summed E-state index contributed by atoms with van der Waals surface area (Å²) in [7, 11) is 0. The molecule has 1 amide bonds. The van der Waals surface area contributed by atoms with Gasteiger partial charge in [-0.3, -0.25) is 9.48 Å². The minimum absolute atomic E-state index is 0.0231. The summed E-state index contributed by atoms with van der Waals surface area (Å²) in [6.45, 7) is 7.58.